The Bertz CT molecular complexity index is 452. The number of aromatic nitrogens is 3. The van der Waals surface area contributed by atoms with Crippen molar-refractivity contribution in [1.29, 1.82) is 5.26 Å². The van der Waals surface area contributed by atoms with Crippen LogP contribution in [0.15, 0.2) is 6.33 Å². The number of hydrogen-bond acceptors (Lipinski definition) is 5. The second kappa shape index (κ2) is 6.82. The van der Waals surface area contributed by atoms with Gasteiger partial charge in [0, 0.05) is 32.2 Å². The molecule has 1 unspecified atom stereocenters. The number of nitrogens with zero attached hydrogens (tertiary/aromatic N) is 6. The maximum absolute atomic E-state index is 9.12. The third kappa shape index (κ3) is 3.35. The smallest absolute Gasteiger partial charge is 0.141 e. The van der Waals surface area contributed by atoms with Gasteiger partial charge in [0.05, 0.1) is 18.7 Å². The first-order chi connectivity index (χ1) is 9.65. The summed E-state index contributed by atoms with van der Waals surface area (Å²) in [5.74, 6) is 1.03. The van der Waals surface area contributed by atoms with Crippen LogP contribution in [0.5, 0.6) is 0 Å². The fourth-order valence-electron chi connectivity index (χ4n) is 2.68. The van der Waals surface area contributed by atoms with E-state index >= 15 is 0 Å². The Kier molecular flexibility index (Phi) is 5.10. The first kappa shape index (κ1) is 14.9. The molecular formula is C14H24N6. The molecule has 0 saturated carbocycles. The molecule has 0 amide bonds. The van der Waals surface area contributed by atoms with Gasteiger partial charge in [-0.15, -0.1) is 0 Å². The lowest BCUT2D eigenvalue weighted by molar-refractivity contribution is 0.105. The third-order valence-corrected chi connectivity index (χ3v) is 3.88. The number of nitriles is 1. The van der Waals surface area contributed by atoms with E-state index in [2.05, 4.69) is 46.7 Å². The Balaban J connectivity index is 1.89. The summed E-state index contributed by atoms with van der Waals surface area (Å²) in [5.41, 5.74) is 0. The summed E-state index contributed by atoms with van der Waals surface area (Å²) in [7, 11) is 0. The number of hydrogen-bond donors (Lipinski definition) is 0. The van der Waals surface area contributed by atoms with Crippen molar-refractivity contribution in [2.75, 3.05) is 26.2 Å². The minimum atomic E-state index is 0.0662. The Hall–Kier alpha value is -1.45. The van der Waals surface area contributed by atoms with Crippen molar-refractivity contribution < 1.29 is 0 Å². The monoisotopic (exact) mass is 276 g/mol. The molecule has 6 heteroatoms. The summed E-state index contributed by atoms with van der Waals surface area (Å²) < 4.78 is 1.98. The first-order valence-electron chi connectivity index (χ1n) is 7.40. The highest BCUT2D eigenvalue weighted by atomic mass is 15.4. The molecule has 110 valence electrons. The van der Waals surface area contributed by atoms with E-state index in [1.165, 1.54) is 0 Å². The van der Waals surface area contributed by atoms with Gasteiger partial charge >= 0.3 is 0 Å². The summed E-state index contributed by atoms with van der Waals surface area (Å²) in [4.78, 5) is 9.04. The molecule has 1 aromatic rings. The van der Waals surface area contributed by atoms with Crippen molar-refractivity contribution in [3.63, 3.8) is 0 Å². The molecular weight excluding hydrogens is 252 g/mol. The van der Waals surface area contributed by atoms with Crippen LogP contribution in [0, 0.1) is 11.3 Å². The van der Waals surface area contributed by atoms with Crippen LogP contribution in [0.3, 0.4) is 0 Å². The van der Waals surface area contributed by atoms with Crippen LogP contribution in [0.4, 0.5) is 0 Å². The zero-order chi connectivity index (χ0) is 14.5. The standard InChI is InChI=1S/C14H24N6/c1-4-13(9-15)19-7-5-18(6-8-19)10-14-16-11-17-20(14)12(2)3/h11-13H,4-8,10H2,1-3H3. The van der Waals surface area contributed by atoms with E-state index in [1.807, 2.05) is 4.68 Å². The van der Waals surface area contributed by atoms with Gasteiger partial charge in [-0.1, -0.05) is 6.92 Å². The minimum absolute atomic E-state index is 0.0662. The molecule has 1 fully saturated rings. The molecule has 2 rings (SSSR count). The predicted octanol–water partition coefficient (Wildman–Crippen LogP) is 1.28. The number of piperazine rings is 1. The van der Waals surface area contributed by atoms with Crippen LogP contribution in [0.25, 0.3) is 0 Å². The van der Waals surface area contributed by atoms with Crippen molar-refractivity contribution >= 4 is 0 Å². The fourth-order valence-corrected chi connectivity index (χ4v) is 2.68. The molecule has 0 aromatic carbocycles. The summed E-state index contributed by atoms with van der Waals surface area (Å²) in [6.45, 7) is 11.1. The quantitative estimate of drug-likeness (QED) is 0.810. The summed E-state index contributed by atoms with van der Waals surface area (Å²) >= 11 is 0. The maximum Gasteiger partial charge on any atom is 0.141 e. The first-order valence-corrected chi connectivity index (χ1v) is 7.40. The molecule has 1 aliphatic rings. The summed E-state index contributed by atoms with van der Waals surface area (Å²) in [6.07, 6.45) is 2.53. The highest BCUT2D eigenvalue weighted by molar-refractivity contribution is 4.94. The van der Waals surface area contributed by atoms with Crippen molar-refractivity contribution in [2.24, 2.45) is 0 Å². The molecule has 0 radical (unpaired) electrons. The third-order valence-electron chi connectivity index (χ3n) is 3.88. The Morgan fingerprint density at radius 2 is 2.00 bits per heavy atom. The SMILES string of the molecule is CCC(C#N)N1CCN(Cc2ncnn2C(C)C)CC1. The molecule has 1 aliphatic heterocycles. The van der Waals surface area contributed by atoms with Crippen molar-refractivity contribution in [3.8, 4) is 6.07 Å². The Morgan fingerprint density at radius 3 is 2.55 bits per heavy atom. The molecule has 20 heavy (non-hydrogen) atoms. The Morgan fingerprint density at radius 1 is 1.30 bits per heavy atom. The molecule has 1 aromatic heterocycles. The van der Waals surface area contributed by atoms with E-state index in [0.717, 1.165) is 45.0 Å². The van der Waals surface area contributed by atoms with Crippen LogP contribution in [-0.2, 0) is 6.54 Å². The second-order valence-corrected chi connectivity index (χ2v) is 5.58. The minimum Gasteiger partial charge on any atom is -0.293 e. The zero-order valence-electron chi connectivity index (χ0n) is 12.7. The van der Waals surface area contributed by atoms with E-state index in [4.69, 9.17) is 5.26 Å². The van der Waals surface area contributed by atoms with Gasteiger partial charge in [-0.05, 0) is 20.3 Å². The molecule has 6 nitrogen and oxygen atoms in total. The zero-order valence-corrected chi connectivity index (χ0v) is 12.7. The summed E-state index contributed by atoms with van der Waals surface area (Å²) in [6, 6.07) is 2.80. The highest BCUT2D eigenvalue weighted by Crippen LogP contribution is 2.12. The normalized spacial score (nSPS) is 19.1. The topological polar surface area (TPSA) is 61.0 Å². The average molecular weight is 276 g/mol. The molecule has 0 spiro atoms. The van der Waals surface area contributed by atoms with Crippen molar-refractivity contribution in [1.82, 2.24) is 24.6 Å². The van der Waals surface area contributed by atoms with Crippen molar-refractivity contribution in [2.45, 2.75) is 45.8 Å². The van der Waals surface area contributed by atoms with Gasteiger partial charge < -0.3 is 0 Å². The molecule has 2 heterocycles. The molecule has 0 N–H and O–H groups in total. The Labute approximate surface area is 121 Å². The van der Waals surface area contributed by atoms with E-state index in [1.54, 1.807) is 6.33 Å². The fraction of sp³-hybridized carbons (Fsp3) is 0.786. The van der Waals surface area contributed by atoms with Gasteiger partial charge in [0.25, 0.3) is 0 Å². The van der Waals surface area contributed by atoms with Crippen LogP contribution < -0.4 is 0 Å². The van der Waals surface area contributed by atoms with E-state index in [0.29, 0.717) is 6.04 Å². The second-order valence-electron chi connectivity index (χ2n) is 5.58. The van der Waals surface area contributed by atoms with Crippen LogP contribution in [-0.4, -0.2) is 56.8 Å². The molecule has 1 saturated heterocycles. The average Bonchev–Trinajstić information content (AvgIpc) is 2.90. The lowest BCUT2D eigenvalue weighted by atomic mass is 10.2. The predicted molar refractivity (Wildman–Crippen MR) is 76.9 cm³/mol. The van der Waals surface area contributed by atoms with E-state index < -0.39 is 0 Å². The van der Waals surface area contributed by atoms with E-state index in [9.17, 15) is 0 Å². The van der Waals surface area contributed by atoms with Gasteiger partial charge in [-0.2, -0.15) is 10.4 Å². The van der Waals surface area contributed by atoms with E-state index in [-0.39, 0.29) is 6.04 Å². The van der Waals surface area contributed by atoms with Gasteiger partial charge in [-0.25, -0.2) is 9.67 Å². The van der Waals surface area contributed by atoms with Crippen molar-refractivity contribution in [3.05, 3.63) is 12.2 Å². The lowest BCUT2D eigenvalue weighted by Crippen LogP contribution is -2.49. The largest absolute Gasteiger partial charge is 0.293 e. The number of rotatable bonds is 5. The van der Waals surface area contributed by atoms with Gasteiger partial charge in [0.15, 0.2) is 0 Å². The van der Waals surface area contributed by atoms with Crippen LogP contribution >= 0.6 is 0 Å². The molecule has 0 bridgehead atoms. The maximum atomic E-state index is 9.12. The lowest BCUT2D eigenvalue weighted by Gasteiger charge is -2.36. The van der Waals surface area contributed by atoms with Gasteiger partial charge in [0.1, 0.15) is 12.2 Å². The van der Waals surface area contributed by atoms with Gasteiger partial charge in [-0.3, -0.25) is 9.80 Å². The summed E-state index contributed by atoms with van der Waals surface area (Å²) in [5, 5.41) is 13.4. The van der Waals surface area contributed by atoms with Crippen LogP contribution in [0.2, 0.25) is 0 Å². The van der Waals surface area contributed by atoms with Crippen LogP contribution in [0.1, 0.15) is 39.1 Å². The molecule has 0 aliphatic carbocycles. The highest BCUT2D eigenvalue weighted by Gasteiger charge is 2.23. The van der Waals surface area contributed by atoms with Gasteiger partial charge in [0.2, 0.25) is 0 Å². The molecule has 1 atom stereocenters.